The monoisotopic (exact) mass is 215 g/mol. The predicted molar refractivity (Wildman–Crippen MR) is 59.2 cm³/mol. The summed E-state index contributed by atoms with van der Waals surface area (Å²) in [4.78, 5) is 24.5. The Morgan fingerprint density at radius 1 is 1.40 bits per heavy atom. The van der Waals surface area contributed by atoms with Crippen LogP contribution in [0.15, 0.2) is 0 Å². The molecular formula is C10H21N3O2. The molecule has 0 saturated heterocycles. The van der Waals surface area contributed by atoms with Gasteiger partial charge in [0.2, 0.25) is 11.8 Å². The van der Waals surface area contributed by atoms with Crippen LogP contribution in [0.25, 0.3) is 0 Å². The van der Waals surface area contributed by atoms with Gasteiger partial charge in [-0.15, -0.1) is 0 Å². The van der Waals surface area contributed by atoms with Crippen LogP contribution in [0.1, 0.15) is 20.8 Å². The summed E-state index contributed by atoms with van der Waals surface area (Å²) >= 11 is 0. The van der Waals surface area contributed by atoms with Crippen LogP contribution in [0.5, 0.6) is 0 Å². The van der Waals surface area contributed by atoms with Crippen LogP contribution in [0.3, 0.4) is 0 Å². The van der Waals surface area contributed by atoms with Crippen LogP contribution in [0.4, 0.5) is 0 Å². The van der Waals surface area contributed by atoms with E-state index in [-0.39, 0.29) is 24.9 Å². The molecule has 0 aliphatic carbocycles. The Kier molecular flexibility index (Phi) is 5.28. The molecule has 0 aromatic heterocycles. The first-order valence-electron chi connectivity index (χ1n) is 5.07. The minimum absolute atomic E-state index is 0.0343. The van der Waals surface area contributed by atoms with Gasteiger partial charge in [-0.05, 0) is 20.8 Å². The van der Waals surface area contributed by atoms with Gasteiger partial charge in [-0.3, -0.25) is 9.59 Å². The van der Waals surface area contributed by atoms with Crippen molar-refractivity contribution < 1.29 is 9.59 Å². The van der Waals surface area contributed by atoms with Gasteiger partial charge in [0.05, 0.1) is 12.0 Å². The maximum atomic E-state index is 11.5. The quantitative estimate of drug-likeness (QED) is 0.653. The molecule has 0 spiro atoms. The topological polar surface area (TPSA) is 75.4 Å². The number of nitrogens with one attached hydrogen (secondary N) is 1. The van der Waals surface area contributed by atoms with Gasteiger partial charge in [0.1, 0.15) is 0 Å². The number of hydrogen-bond acceptors (Lipinski definition) is 3. The van der Waals surface area contributed by atoms with Crippen LogP contribution in [0.2, 0.25) is 0 Å². The normalized spacial score (nSPS) is 11.0. The first-order chi connectivity index (χ1) is 6.85. The maximum Gasteiger partial charge on any atom is 0.241 e. The molecule has 0 bridgehead atoms. The molecule has 0 rings (SSSR count). The highest BCUT2D eigenvalue weighted by Crippen LogP contribution is 2.11. The molecule has 0 aromatic carbocycles. The molecule has 5 nitrogen and oxygen atoms in total. The standard InChI is InChI=1S/C10H21N3O2/c1-5-13(4)8(14)6-12-9(15)10(2,3)7-11/h5-7,11H2,1-4H3,(H,12,15). The highest BCUT2D eigenvalue weighted by Gasteiger charge is 2.25. The van der Waals surface area contributed by atoms with Crippen molar-refractivity contribution in [1.82, 2.24) is 10.2 Å². The van der Waals surface area contributed by atoms with E-state index in [0.29, 0.717) is 6.54 Å². The minimum atomic E-state index is -0.620. The zero-order valence-corrected chi connectivity index (χ0v) is 9.96. The van der Waals surface area contributed by atoms with E-state index in [9.17, 15) is 9.59 Å². The van der Waals surface area contributed by atoms with Crippen LogP contribution in [-0.4, -0.2) is 43.4 Å². The summed E-state index contributed by atoms with van der Waals surface area (Å²) in [6.07, 6.45) is 0. The van der Waals surface area contributed by atoms with E-state index in [4.69, 9.17) is 5.73 Å². The largest absolute Gasteiger partial charge is 0.347 e. The number of carbonyl (C=O) groups excluding carboxylic acids is 2. The van der Waals surface area contributed by atoms with E-state index in [1.54, 1.807) is 25.8 Å². The lowest BCUT2D eigenvalue weighted by atomic mass is 9.93. The van der Waals surface area contributed by atoms with Gasteiger partial charge in [-0.25, -0.2) is 0 Å². The fourth-order valence-electron chi connectivity index (χ4n) is 0.799. The molecule has 5 heteroatoms. The fourth-order valence-corrected chi connectivity index (χ4v) is 0.799. The molecule has 0 saturated carbocycles. The summed E-state index contributed by atoms with van der Waals surface area (Å²) in [5.74, 6) is -0.290. The molecule has 0 heterocycles. The molecule has 0 aliphatic rings. The second-order valence-electron chi connectivity index (χ2n) is 4.18. The zero-order chi connectivity index (χ0) is 12.1. The third kappa shape index (κ3) is 4.29. The summed E-state index contributed by atoms with van der Waals surface area (Å²) < 4.78 is 0. The van der Waals surface area contributed by atoms with E-state index in [2.05, 4.69) is 5.32 Å². The smallest absolute Gasteiger partial charge is 0.241 e. The summed E-state index contributed by atoms with van der Waals surface area (Å²) in [5.41, 5.74) is 4.82. The molecule has 3 N–H and O–H groups in total. The SMILES string of the molecule is CCN(C)C(=O)CNC(=O)C(C)(C)CN. The summed E-state index contributed by atoms with van der Waals surface area (Å²) in [6, 6.07) is 0. The van der Waals surface area contributed by atoms with Gasteiger partial charge < -0.3 is 16.0 Å². The lowest BCUT2D eigenvalue weighted by Gasteiger charge is -2.22. The molecule has 0 aliphatic heterocycles. The van der Waals surface area contributed by atoms with Crippen molar-refractivity contribution in [1.29, 1.82) is 0 Å². The number of amides is 2. The van der Waals surface area contributed by atoms with Gasteiger partial charge >= 0.3 is 0 Å². The number of nitrogens with zero attached hydrogens (tertiary/aromatic N) is 1. The Labute approximate surface area is 91.0 Å². The highest BCUT2D eigenvalue weighted by atomic mass is 16.2. The number of hydrogen-bond donors (Lipinski definition) is 2. The Hall–Kier alpha value is -1.10. The zero-order valence-electron chi connectivity index (χ0n) is 9.96. The van der Waals surface area contributed by atoms with Gasteiger partial charge in [0.15, 0.2) is 0 Å². The number of nitrogens with two attached hydrogens (primary N) is 1. The molecule has 88 valence electrons. The van der Waals surface area contributed by atoms with E-state index >= 15 is 0 Å². The van der Waals surface area contributed by atoms with Gasteiger partial charge in [0, 0.05) is 20.1 Å². The summed E-state index contributed by atoms with van der Waals surface area (Å²) in [6.45, 7) is 6.30. The van der Waals surface area contributed by atoms with Crippen LogP contribution < -0.4 is 11.1 Å². The second-order valence-corrected chi connectivity index (χ2v) is 4.18. The molecule has 0 atom stereocenters. The Morgan fingerprint density at radius 3 is 2.33 bits per heavy atom. The third-order valence-electron chi connectivity index (χ3n) is 2.43. The molecule has 0 unspecified atom stereocenters. The predicted octanol–water partition coefficient (Wildman–Crippen LogP) is -0.434. The van der Waals surface area contributed by atoms with Crippen molar-refractivity contribution in [3.05, 3.63) is 0 Å². The minimum Gasteiger partial charge on any atom is -0.347 e. The number of likely N-dealkylation sites (N-methyl/N-ethyl adjacent to an activating group) is 1. The van der Waals surface area contributed by atoms with E-state index in [0.717, 1.165) is 0 Å². The molecule has 2 amide bonds. The second kappa shape index (κ2) is 5.70. The van der Waals surface area contributed by atoms with Crippen LogP contribution in [-0.2, 0) is 9.59 Å². The number of rotatable bonds is 5. The van der Waals surface area contributed by atoms with Gasteiger partial charge in [0.25, 0.3) is 0 Å². The van der Waals surface area contributed by atoms with E-state index in [1.165, 1.54) is 0 Å². The lowest BCUT2D eigenvalue weighted by molar-refractivity contribution is -0.134. The van der Waals surface area contributed by atoms with Crippen LogP contribution in [0, 0.1) is 5.41 Å². The number of carbonyl (C=O) groups is 2. The fraction of sp³-hybridized carbons (Fsp3) is 0.800. The first kappa shape index (κ1) is 13.9. The molecule has 0 radical (unpaired) electrons. The van der Waals surface area contributed by atoms with Crippen molar-refractivity contribution in [3.8, 4) is 0 Å². The van der Waals surface area contributed by atoms with Crippen molar-refractivity contribution in [2.75, 3.05) is 26.7 Å². The molecule has 0 aromatic rings. The average molecular weight is 215 g/mol. The summed E-state index contributed by atoms with van der Waals surface area (Å²) in [7, 11) is 1.70. The van der Waals surface area contributed by atoms with Crippen molar-refractivity contribution in [2.24, 2.45) is 11.1 Å². The maximum absolute atomic E-state index is 11.5. The molecular weight excluding hydrogens is 194 g/mol. The Morgan fingerprint density at radius 2 is 1.93 bits per heavy atom. The van der Waals surface area contributed by atoms with Gasteiger partial charge in [-0.1, -0.05) is 0 Å². The highest BCUT2D eigenvalue weighted by molar-refractivity contribution is 5.87. The molecule has 15 heavy (non-hydrogen) atoms. The van der Waals surface area contributed by atoms with Crippen molar-refractivity contribution >= 4 is 11.8 Å². The average Bonchev–Trinajstić information content (AvgIpc) is 2.23. The van der Waals surface area contributed by atoms with Crippen molar-refractivity contribution in [2.45, 2.75) is 20.8 Å². The first-order valence-corrected chi connectivity index (χ1v) is 5.07. The summed E-state index contributed by atoms with van der Waals surface area (Å²) in [5, 5.41) is 2.58. The lowest BCUT2D eigenvalue weighted by Crippen LogP contribution is -2.45. The van der Waals surface area contributed by atoms with Crippen molar-refractivity contribution in [3.63, 3.8) is 0 Å². The molecule has 0 fully saturated rings. The third-order valence-corrected chi connectivity index (χ3v) is 2.43. The van der Waals surface area contributed by atoms with E-state index < -0.39 is 5.41 Å². The Bertz CT molecular complexity index is 239. The van der Waals surface area contributed by atoms with Crippen LogP contribution >= 0.6 is 0 Å². The van der Waals surface area contributed by atoms with Gasteiger partial charge in [-0.2, -0.15) is 0 Å². The van der Waals surface area contributed by atoms with E-state index in [1.807, 2.05) is 6.92 Å². The Balaban J connectivity index is 4.07.